The molecule has 8 atom stereocenters. The summed E-state index contributed by atoms with van der Waals surface area (Å²) in [5.74, 6) is -9.23. The van der Waals surface area contributed by atoms with Crippen LogP contribution in [-0.2, 0) is 59.2 Å². The van der Waals surface area contributed by atoms with Crippen molar-refractivity contribution in [2.75, 3.05) is 18.8 Å². The first kappa shape index (κ1) is 60.4. The molecular formula is C49H75N11O12S2. The molecule has 0 aromatic heterocycles. The topological polar surface area (TPSA) is 374 Å². The van der Waals surface area contributed by atoms with Gasteiger partial charge in [0.05, 0.1) is 13.0 Å². The lowest BCUT2D eigenvalue weighted by Crippen LogP contribution is -2.61. The van der Waals surface area contributed by atoms with Crippen LogP contribution in [-0.4, -0.2) is 141 Å². The van der Waals surface area contributed by atoms with Crippen molar-refractivity contribution in [2.45, 2.75) is 165 Å². The third kappa shape index (κ3) is 18.7. The number of hydrogen-bond donors (Lipinski definition) is 11. The Morgan fingerprint density at radius 1 is 0.811 bits per heavy atom. The summed E-state index contributed by atoms with van der Waals surface area (Å²) in [4.78, 5) is 151. The van der Waals surface area contributed by atoms with Crippen LogP contribution >= 0.6 is 21.6 Å². The van der Waals surface area contributed by atoms with E-state index in [0.717, 1.165) is 12.8 Å². The second-order valence-corrected chi connectivity index (χ2v) is 23.0. The number of benzene rings is 1. The zero-order valence-corrected chi connectivity index (χ0v) is 44.5. The molecule has 11 amide bonds. The van der Waals surface area contributed by atoms with E-state index in [1.54, 1.807) is 26.0 Å². The van der Waals surface area contributed by atoms with Gasteiger partial charge in [0.1, 0.15) is 48.0 Å². The minimum Gasteiger partial charge on any atom is -0.508 e. The molecule has 1 spiro atoms. The fourth-order valence-corrected chi connectivity index (χ4v) is 12.4. The summed E-state index contributed by atoms with van der Waals surface area (Å²) in [7, 11) is 2.54. The van der Waals surface area contributed by atoms with Gasteiger partial charge in [0.15, 0.2) is 0 Å². The number of nitrogens with two attached hydrogens (primary N) is 3. The van der Waals surface area contributed by atoms with Gasteiger partial charge < -0.3 is 64.4 Å². The molecule has 2 heterocycles. The van der Waals surface area contributed by atoms with E-state index in [2.05, 4.69) is 44.1 Å². The Morgan fingerprint density at radius 3 is 2.05 bits per heavy atom. The van der Waals surface area contributed by atoms with Gasteiger partial charge in [0.2, 0.25) is 65.0 Å². The average Bonchev–Trinajstić information content (AvgIpc) is 3.83. The van der Waals surface area contributed by atoms with Gasteiger partial charge in [0.25, 0.3) is 0 Å². The van der Waals surface area contributed by atoms with E-state index in [1.807, 2.05) is 13.8 Å². The highest BCUT2D eigenvalue weighted by atomic mass is 33.1. The van der Waals surface area contributed by atoms with Crippen molar-refractivity contribution in [1.29, 1.82) is 0 Å². The molecule has 1 saturated carbocycles. The first-order valence-corrected chi connectivity index (χ1v) is 27.5. The van der Waals surface area contributed by atoms with E-state index < -0.39 is 137 Å². The molecule has 1 aromatic rings. The number of phenols is 1. The highest BCUT2D eigenvalue weighted by Crippen LogP contribution is 2.49. The lowest BCUT2D eigenvalue weighted by atomic mass is 9.80. The molecule has 3 aliphatic rings. The molecule has 25 heteroatoms. The van der Waals surface area contributed by atoms with Crippen LogP contribution in [0.4, 0.5) is 0 Å². The monoisotopic (exact) mass is 1070 g/mol. The molecule has 0 bridgehead atoms. The minimum absolute atomic E-state index is 0.0176. The molecule has 2 aliphatic heterocycles. The summed E-state index contributed by atoms with van der Waals surface area (Å²) in [6.07, 6.45) is 2.07. The third-order valence-corrected chi connectivity index (χ3v) is 16.9. The van der Waals surface area contributed by atoms with Crippen LogP contribution in [0.5, 0.6) is 5.75 Å². The van der Waals surface area contributed by atoms with Crippen LogP contribution in [0.2, 0.25) is 0 Å². The van der Waals surface area contributed by atoms with E-state index in [4.69, 9.17) is 17.2 Å². The van der Waals surface area contributed by atoms with Crippen molar-refractivity contribution >= 4 is 86.6 Å². The van der Waals surface area contributed by atoms with Gasteiger partial charge in [-0.15, -0.1) is 0 Å². The van der Waals surface area contributed by atoms with Crippen LogP contribution in [0.1, 0.15) is 117 Å². The molecule has 2 saturated heterocycles. The normalized spacial score (nSPS) is 26.5. The molecule has 1 aromatic carbocycles. The van der Waals surface area contributed by atoms with Crippen molar-refractivity contribution in [3.8, 4) is 5.75 Å². The Morgan fingerprint density at radius 2 is 1.45 bits per heavy atom. The lowest BCUT2D eigenvalue weighted by molar-refractivity contribution is -0.142. The number of likely N-dealkylation sites (tertiary alicyclic amines) is 1. The number of aromatic hydroxyl groups is 1. The quantitative estimate of drug-likeness (QED) is 0.0869. The highest BCUT2D eigenvalue weighted by Gasteiger charge is 2.43. The third-order valence-electron chi connectivity index (χ3n) is 13.5. The predicted octanol–water partition coefficient (Wildman–Crippen LogP) is -0.597. The largest absolute Gasteiger partial charge is 0.508 e. The maximum atomic E-state index is 14.9. The second kappa shape index (κ2) is 28.5. The zero-order valence-electron chi connectivity index (χ0n) is 42.8. The maximum absolute atomic E-state index is 14.9. The van der Waals surface area contributed by atoms with E-state index in [-0.39, 0.29) is 56.1 Å². The molecule has 14 N–H and O–H groups in total. The Balaban J connectivity index is 1.79. The Bertz CT molecular complexity index is 2210. The molecular weight excluding hydrogens is 999 g/mol. The number of primary amides is 3. The number of rotatable bonds is 17. The molecule has 4 rings (SSSR count). The minimum atomic E-state index is -1.74. The summed E-state index contributed by atoms with van der Waals surface area (Å²) < 4.78 is -0.739. The standard InChI is InChI=1S/C49H75N11O12S2/c1-6-28(5)41-47(71)55-31(13-14-37(50)62)43(67)56-34(22-38(51)63)44(68)58-35(48(72)60-19-7-8-36(60)46(70)57-32(20-26(2)3)42(66)53-24-39(52)64)25-73-74-49(17-15-27(4)16-18-49)23-40(65)54-33(45(69)59-41)21-29-9-11-30(61)12-10-29/h9-12,26-28,31-36,41,61H,6-8,13-25H2,1-5H3,(H2,50,62)(H2,51,63)(H2,52,64)(H,53,66)(H,54,65)(H,55,71)(H,56,67)(H,57,70)(H,58,68)(H,59,69)/t27?,28-,31-,32-,33-,34-,35+,36-,41?,49?/m0/s1. The first-order valence-electron chi connectivity index (χ1n) is 25.2. The molecule has 0 radical (unpaired) electrons. The summed E-state index contributed by atoms with van der Waals surface area (Å²) in [6.45, 7) is 8.85. The van der Waals surface area contributed by atoms with Gasteiger partial charge in [-0.05, 0) is 86.8 Å². The van der Waals surface area contributed by atoms with Crippen molar-refractivity contribution < 1.29 is 57.8 Å². The van der Waals surface area contributed by atoms with Crippen LogP contribution in [0.15, 0.2) is 24.3 Å². The summed E-state index contributed by atoms with van der Waals surface area (Å²) in [5, 5.41) is 28.5. The van der Waals surface area contributed by atoms with Gasteiger partial charge in [-0.2, -0.15) is 0 Å². The van der Waals surface area contributed by atoms with Gasteiger partial charge in [0, 0.05) is 36.3 Å². The fourth-order valence-electron chi connectivity index (χ4n) is 9.09. The molecule has 3 fully saturated rings. The Hall–Kier alpha value is -6.11. The van der Waals surface area contributed by atoms with Gasteiger partial charge in [-0.25, -0.2) is 0 Å². The summed E-state index contributed by atoms with van der Waals surface area (Å²) in [6, 6.07) is -3.38. The number of carbonyl (C=O) groups is 11. The SMILES string of the molecule is CC[C@H](C)C1NC(=O)[C@H](Cc2ccc(O)cc2)NC(=O)CC2(CCC(C)CC2)SSC[C@H](C(=O)N2CCC[C@H]2C(=O)N[C@@H](CC(C)C)C(=O)NCC(N)=O)NC(=O)[C@H](CC(N)=O)NC(=O)[C@H](CCC(N)=O)NC1=O. The van der Waals surface area contributed by atoms with E-state index in [0.29, 0.717) is 37.2 Å². The van der Waals surface area contributed by atoms with Gasteiger partial charge in [-0.3, -0.25) is 52.7 Å². The van der Waals surface area contributed by atoms with Crippen LogP contribution in [0, 0.1) is 17.8 Å². The van der Waals surface area contributed by atoms with Crippen molar-refractivity contribution in [2.24, 2.45) is 35.0 Å². The number of hydrogen-bond acceptors (Lipinski definition) is 14. The maximum Gasteiger partial charge on any atom is 0.246 e. The fraction of sp³-hybridized carbons (Fsp3) is 0.653. The molecule has 410 valence electrons. The molecule has 23 nitrogen and oxygen atoms in total. The van der Waals surface area contributed by atoms with E-state index >= 15 is 0 Å². The van der Waals surface area contributed by atoms with E-state index in [1.165, 1.54) is 38.6 Å². The number of carbonyl (C=O) groups excluding carboxylic acids is 11. The summed E-state index contributed by atoms with van der Waals surface area (Å²) >= 11 is 0. The molecule has 1 unspecified atom stereocenters. The van der Waals surface area contributed by atoms with Crippen molar-refractivity contribution in [3.63, 3.8) is 0 Å². The van der Waals surface area contributed by atoms with Crippen LogP contribution in [0.25, 0.3) is 0 Å². The first-order chi connectivity index (χ1) is 34.9. The Labute approximate surface area is 439 Å². The number of nitrogens with one attached hydrogen (secondary N) is 7. The van der Waals surface area contributed by atoms with Gasteiger partial charge >= 0.3 is 0 Å². The zero-order chi connectivity index (χ0) is 54.9. The Kier molecular flexibility index (Phi) is 23.3. The number of amides is 11. The lowest BCUT2D eigenvalue weighted by Gasteiger charge is -2.39. The highest BCUT2D eigenvalue weighted by molar-refractivity contribution is 8.77. The van der Waals surface area contributed by atoms with Crippen molar-refractivity contribution in [3.05, 3.63) is 29.8 Å². The molecule has 74 heavy (non-hydrogen) atoms. The van der Waals surface area contributed by atoms with Crippen LogP contribution < -0.4 is 54.4 Å². The van der Waals surface area contributed by atoms with Crippen molar-refractivity contribution in [1.82, 2.24) is 42.1 Å². The second-order valence-electron chi connectivity index (χ2n) is 20.2. The smallest absolute Gasteiger partial charge is 0.246 e. The number of phenolic OH excluding ortho intramolecular Hbond substituents is 1. The molecule has 1 aliphatic carbocycles. The average molecular weight is 1070 g/mol. The van der Waals surface area contributed by atoms with E-state index in [9.17, 15) is 57.8 Å². The summed E-state index contributed by atoms with van der Waals surface area (Å²) in [5.41, 5.74) is 16.9. The number of nitrogens with zero attached hydrogens (tertiary/aromatic N) is 1. The van der Waals surface area contributed by atoms with Crippen LogP contribution in [0.3, 0.4) is 0 Å². The van der Waals surface area contributed by atoms with Gasteiger partial charge in [-0.1, -0.05) is 74.8 Å². The predicted molar refractivity (Wildman–Crippen MR) is 277 cm³/mol.